The van der Waals surface area contributed by atoms with Gasteiger partial charge in [0.1, 0.15) is 5.65 Å². The van der Waals surface area contributed by atoms with E-state index in [0.29, 0.717) is 32.7 Å². The molecule has 1 atom stereocenters. The highest BCUT2D eigenvalue weighted by Crippen LogP contribution is 2.17. The Bertz CT molecular complexity index is 710. The van der Waals surface area contributed by atoms with Crippen LogP contribution in [0.2, 0.25) is 0 Å². The molecule has 0 aromatic carbocycles. The number of aromatic nitrogens is 2. The molecule has 25 heavy (non-hydrogen) atoms. The van der Waals surface area contributed by atoms with Gasteiger partial charge in [-0.1, -0.05) is 6.07 Å². The molecule has 0 aliphatic carbocycles. The Morgan fingerprint density at radius 2 is 2.28 bits per heavy atom. The summed E-state index contributed by atoms with van der Waals surface area (Å²) in [5, 5.41) is 2.97. The van der Waals surface area contributed by atoms with Gasteiger partial charge < -0.3 is 19.4 Å². The Morgan fingerprint density at radius 1 is 1.40 bits per heavy atom. The SMILES string of the molecule is CCOC(=O)N1CCCC(C(=O)NCCc2cn3ccccc3n2)C1. The fraction of sp³-hybridized carbons (Fsp3) is 0.500. The van der Waals surface area contributed by atoms with Crippen molar-refractivity contribution in [1.82, 2.24) is 19.6 Å². The van der Waals surface area contributed by atoms with Gasteiger partial charge in [0.15, 0.2) is 0 Å². The standard InChI is InChI=1S/C18H24N4O3/c1-2-25-18(24)22-11-5-6-14(12-22)17(23)19-9-8-15-13-21-10-4-3-7-16(21)20-15/h3-4,7,10,13-14H,2,5-6,8-9,11-12H2,1H3,(H,19,23). The van der Waals surface area contributed by atoms with Crippen molar-refractivity contribution in [2.45, 2.75) is 26.2 Å². The molecule has 7 nitrogen and oxygen atoms in total. The number of likely N-dealkylation sites (tertiary alicyclic amines) is 1. The molecule has 2 aromatic heterocycles. The number of pyridine rings is 1. The van der Waals surface area contributed by atoms with Crippen LogP contribution in [-0.2, 0) is 16.0 Å². The van der Waals surface area contributed by atoms with Gasteiger partial charge in [-0.25, -0.2) is 9.78 Å². The lowest BCUT2D eigenvalue weighted by atomic mass is 9.97. The van der Waals surface area contributed by atoms with Gasteiger partial charge in [-0.2, -0.15) is 0 Å². The van der Waals surface area contributed by atoms with Crippen molar-refractivity contribution >= 4 is 17.6 Å². The number of nitrogens with zero attached hydrogens (tertiary/aromatic N) is 3. The van der Waals surface area contributed by atoms with Crippen LogP contribution in [0.15, 0.2) is 30.6 Å². The fourth-order valence-electron chi connectivity index (χ4n) is 3.14. The van der Waals surface area contributed by atoms with Crippen LogP contribution in [0.25, 0.3) is 5.65 Å². The molecule has 7 heteroatoms. The van der Waals surface area contributed by atoms with Crippen LogP contribution in [0.3, 0.4) is 0 Å². The van der Waals surface area contributed by atoms with Crippen molar-refractivity contribution in [3.05, 3.63) is 36.3 Å². The van der Waals surface area contributed by atoms with Gasteiger partial charge in [0.05, 0.1) is 18.2 Å². The molecule has 1 aliphatic heterocycles. The van der Waals surface area contributed by atoms with E-state index in [4.69, 9.17) is 4.74 Å². The third-order valence-electron chi connectivity index (χ3n) is 4.41. The van der Waals surface area contributed by atoms with Crippen LogP contribution in [0.1, 0.15) is 25.5 Å². The fourth-order valence-corrected chi connectivity index (χ4v) is 3.14. The molecule has 1 fully saturated rings. The smallest absolute Gasteiger partial charge is 0.409 e. The van der Waals surface area contributed by atoms with Crippen molar-refractivity contribution in [3.8, 4) is 0 Å². The minimum Gasteiger partial charge on any atom is -0.450 e. The van der Waals surface area contributed by atoms with Crippen molar-refractivity contribution in [2.75, 3.05) is 26.2 Å². The topological polar surface area (TPSA) is 75.9 Å². The number of ether oxygens (including phenoxy) is 1. The normalized spacial score (nSPS) is 17.5. The monoisotopic (exact) mass is 344 g/mol. The Labute approximate surface area is 147 Å². The summed E-state index contributed by atoms with van der Waals surface area (Å²) in [4.78, 5) is 30.3. The van der Waals surface area contributed by atoms with E-state index >= 15 is 0 Å². The zero-order valence-electron chi connectivity index (χ0n) is 14.5. The van der Waals surface area contributed by atoms with Crippen molar-refractivity contribution in [1.29, 1.82) is 0 Å². The van der Waals surface area contributed by atoms with Crippen molar-refractivity contribution < 1.29 is 14.3 Å². The summed E-state index contributed by atoms with van der Waals surface area (Å²) in [6, 6.07) is 5.86. The molecular weight excluding hydrogens is 320 g/mol. The molecule has 134 valence electrons. The van der Waals surface area contributed by atoms with Gasteiger partial charge in [-0.15, -0.1) is 0 Å². The van der Waals surface area contributed by atoms with Gasteiger partial charge in [-0.05, 0) is 31.9 Å². The van der Waals surface area contributed by atoms with E-state index in [2.05, 4.69) is 10.3 Å². The van der Waals surface area contributed by atoms with E-state index in [0.717, 1.165) is 24.2 Å². The first-order chi connectivity index (χ1) is 12.2. The Morgan fingerprint density at radius 3 is 3.08 bits per heavy atom. The molecule has 0 spiro atoms. The molecule has 2 amide bonds. The first-order valence-electron chi connectivity index (χ1n) is 8.79. The zero-order chi connectivity index (χ0) is 17.6. The molecule has 1 saturated heterocycles. The number of imidazole rings is 1. The summed E-state index contributed by atoms with van der Waals surface area (Å²) in [5.74, 6) is -0.169. The summed E-state index contributed by atoms with van der Waals surface area (Å²) in [7, 11) is 0. The quantitative estimate of drug-likeness (QED) is 0.898. The van der Waals surface area contributed by atoms with Gasteiger partial charge in [0.2, 0.25) is 5.91 Å². The molecule has 0 saturated carbocycles. The summed E-state index contributed by atoms with van der Waals surface area (Å²) < 4.78 is 6.99. The number of carbonyl (C=O) groups excluding carboxylic acids is 2. The number of carbonyl (C=O) groups is 2. The first kappa shape index (κ1) is 17.3. The third-order valence-corrected chi connectivity index (χ3v) is 4.41. The number of hydrogen-bond acceptors (Lipinski definition) is 4. The second-order valence-corrected chi connectivity index (χ2v) is 6.22. The average molecular weight is 344 g/mol. The van der Waals surface area contributed by atoms with Crippen molar-refractivity contribution in [2.24, 2.45) is 5.92 Å². The predicted octanol–water partition coefficient (Wildman–Crippen LogP) is 1.86. The molecule has 3 rings (SSSR count). The van der Waals surface area contributed by atoms with E-state index in [1.54, 1.807) is 11.8 Å². The molecule has 1 N–H and O–H groups in total. The highest BCUT2D eigenvalue weighted by Gasteiger charge is 2.28. The van der Waals surface area contributed by atoms with Crippen LogP contribution in [0.5, 0.6) is 0 Å². The Hall–Kier alpha value is -2.57. The van der Waals surface area contributed by atoms with E-state index in [9.17, 15) is 9.59 Å². The Kier molecular flexibility index (Phi) is 5.53. The van der Waals surface area contributed by atoms with Gasteiger partial charge >= 0.3 is 6.09 Å². The van der Waals surface area contributed by atoms with Crippen LogP contribution < -0.4 is 5.32 Å². The van der Waals surface area contributed by atoms with Crippen LogP contribution in [0, 0.1) is 5.92 Å². The zero-order valence-corrected chi connectivity index (χ0v) is 14.5. The van der Waals surface area contributed by atoms with Crippen LogP contribution in [-0.4, -0.2) is 52.5 Å². The largest absolute Gasteiger partial charge is 0.450 e. The van der Waals surface area contributed by atoms with E-state index < -0.39 is 0 Å². The number of rotatable bonds is 5. The summed E-state index contributed by atoms with van der Waals surface area (Å²) in [5.41, 5.74) is 1.85. The van der Waals surface area contributed by atoms with E-state index in [-0.39, 0.29) is 17.9 Å². The lowest BCUT2D eigenvalue weighted by molar-refractivity contribution is -0.126. The summed E-state index contributed by atoms with van der Waals surface area (Å²) >= 11 is 0. The lowest BCUT2D eigenvalue weighted by Gasteiger charge is -2.31. The van der Waals surface area contributed by atoms with Gasteiger partial charge in [0.25, 0.3) is 0 Å². The van der Waals surface area contributed by atoms with E-state index in [1.807, 2.05) is 35.0 Å². The average Bonchev–Trinajstić information content (AvgIpc) is 3.04. The van der Waals surface area contributed by atoms with Gasteiger partial charge in [0, 0.05) is 38.4 Å². The molecule has 1 unspecified atom stereocenters. The van der Waals surface area contributed by atoms with Crippen LogP contribution >= 0.6 is 0 Å². The molecule has 2 aromatic rings. The third kappa shape index (κ3) is 4.29. The van der Waals surface area contributed by atoms with E-state index in [1.165, 1.54) is 0 Å². The second kappa shape index (κ2) is 8.00. The summed E-state index contributed by atoms with van der Waals surface area (Å²) in [6.45, 7) is 3.76. The maximum Gasteiger partial charge on any atom is 0.409 e. The highest BCUT2D eigenvalue weighted by molar-refractivity contribution is 5.80. The number of piperidine rings is 1. The number of nitrogens with one attached hydrogen (secondary N) is 1. The minimum atomic E-state index is -0.329. The highest BCUT2D eigenvalue weighted by atomic mass is 16.6. The minimum absolute atomic E-state index is 0.00207. The van der Waals surface area contributed by atoms with Crippen molar-refractivity contribution in [3.63, 3.8) is 0 Å². The molecule has 3 heterocycles. The lowest BCUT2D eigenvalue weighted by Crippen LogP contribution is -2.45. The molecule has 1 aliphatic rings. The maximum atomic E-state index is 12.4. The number of hydrogen-bond donors (Lipinski definition) is 1. The molecular formula is C18H24N4O3. The second-order valence-electron chi connectivity index (χ2n) is 6.22. The summed E-state index contributed by atoms with van der Waals surface area (Å²) in [6.07, 6.45) is 5.91. The molecule has 0 bridgehead atoms. The number of amides is 2. The maximum absolute atomic E-state index is 12.4. The molecule has 0 radical (unpaired) electrons. The van der Waals surface area contributed by atoms with Gasteiger partial charge in [-0.3, -0.25) is 4.79 Å². The number of fused-ring (bicyclic) bond motifs is 1. The van der Waals surface area contributed by atoms with Crippen LogP contribution in [0.4, 0.5) is 4.79 Å². The Balaban J connectivity index is 1.47. The predicted molar refractivity (Wildman–Crippen MR) is 93.2 cm³/mol. The first-order valence-corrected chi connectivity index (χ1v) is 8.79.